The fourth-order valence-corrected chi connectivity index (χ4v) is 2.41. The molecule has 2 unspecified atom stereocenters. The van der Waals surface area contributed by atoms with Crippen LogP contribution in [0.5, 0.6) is 0 Å². The molecule has 0 bridgehead atoms. The fraction of sp³-hybridized carbons (Fsp3) is 0.533. The number of carbonyl (C=O) groups excluding carboxylic acids is 1. The van der Waals surface area contributed by atoms with Crippen molar-refractivity contribution in [1.82, 2.24) is 4.90 Å². The molecule has 1 fully saturated rings. The number of amides is 1. The Labute approximate surface area is 114 Å². The van der Waals surface area contributed by atoms with E-state index in [2.05, 4.69) is 0 Å². The van der Waals surface area contributed by atoms with E-state index in [1.807, 2.05) is 37.3 Å². The second-order valence-corrected chi connectivity index (χ2v) is 5.05. The summed E-state index contributed by atoms with van der Waals surface area (Å²) < 4.78 is 5.66. The summed E-state index contributed by atoms with van der Waals surface area (Å²) in [5.74, 6) is 0.0682. The maximum atomic E-state index is 12.4. The molecule has 0 saturated carbocycles. The first-order valence-corrected chi connectivity index (χ1v) is 6.89. The van der Waals surface area contributed by atoms with E-state index in [4.69, 9.17) is 10.5 Å². The Morgan fingerprint density at radius 2 is 2.11 bits per heavy atom. The van der Waals surface area contributed by atoms with E-state index >= 15 is 0 Å². The number of hydrogen-bond donors (Lipinski definition) is 1. The molecular weight excluding hydrogens is 240 g/mol. The molecule has 4 heteroatoms. The quantitative estimate of drug-likeness (QED) is 0.875. The second kappa shape index (κ2) is 6.68. The van der Waals surface area contributed by atoms with Gasteiger partial charge >= 0.3 is 0 Å². The number of ether oxygens (including phenoxy) is 1. The van der Waals surface area contributed by atoms with Gasteiger partial charge in [0.2, 0.25) is 0 Å². The first-order valence-electron chi connectivity index (χ1n) is 6.89. The maximum Gasteiger partial charge on any atom is 0.252 e. The van der Waals surface area contributed by atoms with Crippen molar-refractivity contribution in [2.24, 2.45) is 5.73 Å². The molecule has 104 valence electrons. The van der Waals surface area contributed by atoms with E-state index in [9.17, 15) is 4.79 Å². The van der Waals surface area contributed by atoms with Crippen LogP contribution in [-0.2, 0) is 16.1 Å². The largest absolute Gasteiger partial charge is 0.365 e. The molecule has 19 heavy (non-hydrogen) atoms. The summed E-state index contributed by atoms with van der Waals surface area (Å²) in [4.78, 5) is 14.2. The smallest absolute Gasteiger partial charge is 0.252 e. The summed E-state index contributed by atoms with van der Waals surface area (Å²) in [6.07, 6.45) is 1.67. The van der Waals surface area contributed by atoms with Crippen molar-refractivity contribution in [3.8, 4) is 0 Å². The average molecular weight is 262 g/mol. The zero-order valence-electron chi connectivity index (χ0n) is 11.4. The molecule has 1 aromatic rings. The molecule has 1 amide bonds. The Balaban J connectivity index is 2.01. The first kappa shape index (κ1) is 14.0. The summed E-state index contributed by atoms with van der Waals surface area (Å²) in [7, 11) is 0. The van der Waals surface area contributed by atoms with Gasteiger partial charge in [-0.1, -0.05) is 30.3 Å². The van der Waals surface area contributed by atoms with Gasteiger partial charge in [-0.15, -0.1) is 0 Å². The minimum atomic E-state index is -0.287. The van der Waals surface area contributed by atoms with Crippen LogP contribution >= 0.6 is 0 Å². The van der Waals surface area contributed by atoms with E-state index in [1.54, 1.807) is 4.90 Å². The van der Waals surface area contributed by atoms with Gasteiger partial charge in [-0.2, -0.15) is 0 Å². The monoisotopic (exact) mass is 262 g/mol. The minimum Gasteiger partial charge on any atom is -0.365 e. The maximum absolute atomic E-state index is 12.4. The first-order chi connectivity index (χ1) is 9.20. The van der Waals surface area contributed by atoms with Crippen LogP contribution in [-0.4, -0.2) is 36.1 Å². The van der Waals surface area contributed by atoms with Crippen molar-refractivity contribution in [3.05, 3.63) is 35.9 Å². The van der Waals surface area contributed by atoms with Crippen LogP contribution < -0.4 is 5.73 Å². The van der Waals surface area contributed by atoms with E-state index in [0.717, 1.165) is 18.4 Å². The van der Waals surface area contributed by atoms with Gasteiger partial charge < -0.3 is 15.4 Å². The van der Waals surface area contributed by atoms with E-state index < -0.39 is 0 Å². The normalized spacial score (nSPS) is 22.4. The lowest BCUT2D eigenvalue weighted by Crippen LogP contribution is -2.41. The Bertz CT molecular complexity index is 408. The highest BCUT2D eigenvalue weighted by Crippen LogP contribution is 2.21. The highest BCUT2D eigenvalue weighted by atomic mass is 16.5. The lowest BCUT2D eigenvalue weighted by molar-refractivity contribution is -0.143. The number of nitrogens with two attached hydrogens (primary N) is 1. The average Bonchev–Trinajstić information content (AvgIpc) is 2.85. The Hall–Kier alpha value is -1.39. The Kier molecular flexibility index (Phi) is 4.93. The lowest BCUT2D eigenvalue weighted by atomic mass is 10.1. The summed E-state index contributed by atoms with van der Waals surface area (Å²) in [6.45, 7) is 3.66. The molecule has 4 nitrogen and oxygen atoms in total. The van der Waals surface area contributed by atoms with Gasteiger partial charge in [-0.25, -0.2) is 0 Å². The molecule has 2 N–H and O–H groups in total. The van der Waals surface area contributed by atoms with Crippen molar-refractivity contribution < 1.29 is 9.53 Å². The molecule has 1 aromatic carbocycles. The van der Waals surface area contributed by atoms with Gasteiger partial charge in [-0.05, 0) is 25.3 Å². The molecule has 1 saturated heterocycles. The summed E-state index contributed by atoms with van der Waals surface area (Å²) in [5, 5.41) is 0. The van der Waals surface area contributed by atoms with Gasteiger partial charge in [0.25, 0.3) is 5.91 Å². The van der Waals surface area contributed by atoms with Gasteiger partial charge in [0, 0.05) is 19.6 Å². The fourth-order valence-electron chi connectivity index (χ4n) is 2.41. The second-order valence-electron chi connectivity index (χ2n) is 5.05. The van der Waals surface area contributed by atoms with Gasteiger partial charge in [0.15, 0.2) is 0 Å². The molecule has 1 aliphatic heterocycles. The SMILES string of the molecule is CC1CCC(C(=O)N(CCN)Cc2ccccc2)O1. The molecule has 0 radical (unpaired) electrons. The number of carbonyl (C=O) groups is 1. The van der Waals surface area contributed by atoms with Crippen LogP contribution in [0, 0.1) is 0 Å². The van der Waals surface area contributed by atoms with Gasteiger partial charge in [0.1, 0.15) is 6.10 Å². The van der Waals surface area contributed by atoms with Crippen LogP contribution in [0.1, 0.15) is 25.3 Å². The van der Waals surface area contributed by atoms with Crippen LogP contribution in [0.4, 0.5) is 0 Å². The third kappa shape index (κ3) is 3.78. The molecule has 0 spiro atoms. The van der Waals surface area contributed by atoms with Crippen LogP contribution in [0.15, 0.2) is 30.3 Å². The van der Waals surface area contributed by atoms with Crippen molar-refractivity contribution in [2.45, 2.75) is 38.5 Å². The molecule has 1 heterocycles. The number of rotatable bonds is 5. The van der Waals surface area contributed by atoms with Gasteiger partial charge in [0.05, 0.1) is 6.10 Å². The van der Waals surface area contributed by atoms with Crippen LogP contribution in [0.2, 0.25) is 0 Å². The predicted octanol–water partition coefficient (Wildman–Crippen LogP) is 1.54. The Morgan fingerprint density at radius 1 is 1.37 bits per heavy atom. The molecule has 0 aromatic heterocycles. The topological polar surface area (TPSA) is 55.6 Å². The lowest BCUT2D eigenvalue weighted by Gasteiger charge is -2.25. The molecule has 1 aliphatic rings. The molecule has 2 rings (SSSR count). The van der Waals surface area contributed by atoms with E-state index in [0.29, 0.717) is 19.6 Å². The highest BCUT2D eigenvalue weighted by Gasteiger charge is 2.31. The van der Waals surface area contributed by atoms with E-state index in [-0.39, 0.29) is 18.1 Å². The predicted molar refractivity (Wildman–Crippen MR) is 74.5 cm³/mol. The van der Waals surface area contributed by atoms with Crippen molar-refractivity contribution in [1.29, 1.82) is 0 Å². The molecule has 2 atom stereocenters. The number of nitrogens with zero attached hydrogens (tertiary/aromatic N) is 1. The third-order valence-corrected chi connectivity index (χ3v) is 3.43. The standard InChI is InChI=1S/C15H22N2O2/c1-12-7-8-14(19-12)15(18)17(10-9-16)11-13-5-3-2-4-6-13/h2-6,12,14H,7-11,16H2,1H3. The van der Waals surface area contributed by atoms with Crippen LogP contribution in [0.3, 0.4) is 0 Å². The highest BCUT2D eigenvalue weighted by molar-refractivity contribution is 5.81. The molecule has 0 aliphatic carbocycles. The summed E-state index contributed by atoms with van der Waals surface area (Å²) in [5.41, 5.74) is 6.73. The van der Waals surface area contributed by atoms with Crippen molar-refractivity contribution >= 4 is 5.91 Å². The number of benzene rings is 1. The van der Waals surface area contributed by atoms with Gasteiger partial charge in [-0.3, -0.25) is 4.79 Å². The third-order valence-electron chi connectivity index (χ3n) is 3.43. The zero-order valence-corrected chi connectivity index (χ0v) is 11.4. The zero-order chi connectivity index (χ0) is 13.7. The Morgan fingerprint density at radius 3 is 2.68 bits per heavy atom. The van der Waals surface area contributed by atoms with Crippen LogP contribution in [0.25, 0.3) is 0 Å². The number of hydrogen-bond acceptors (Lipinski definition) is 3. The van der Waals surface area contributed by atoms with Crippen molar-refractivity contribution in [3.63, 3.8) is 0 Å². The van der Waals surface area contributed by atoms with Crippen molar-refractivity contribution in [2.75, 3.05) is 13.1 Å². The van der Waals surface area contributed by atoms with E-state index in [1.165, 1.54) is 0 Å². The summed E-state index contributed by atoms with van der Waals surface area (Å²) >= 11 is 0. The minimum absolute atomic E-state index is 0.0682. The summed E-state index contributed by atoms with van der Waals surface area (Å²) in [6, 6.07) is 9.98. The molecular formula is C15H22N2O2.